The van der Waals surface area contributed by atoms with Gasteiger partial charge in [0.15, 0.2) is 0 Å². The Hall–Kier alpha value is -1.55. The topological polar surface area (TPSA) is 58.4 Å². The number of amides is 1. The molecule has 0 fully saturated rings. The third kappa shape index (κ3) is 3.75. The van der Waals surface area contributed by atoms with Gasteiger partial charge in [0.05, 0.1) is 6.54 Å². The third-order valence-electron chi connectivity index (χ3n) is 2.98. The Morgan fingerprint density at radius 1 is 1.47 bits per heavy atom. The number of nitrogens with two attached hydrogens (primary N) is 1. The van der Waals surface area contributed by atoms with Crippen LogP contribution in [0.25, 0.3) is 0 Å². The van der Waals surface area contributed by atoms with Crippen molar-refractivity contribution in [2.75, 3.05) is 25.9 Å². The highest BCUT2D eigenvalue weighted by Gasteiger charge is 2.10. The molecule has 1 rings (SSSR count). The molecule has 0 spiro atoms. The Morgan fingerprint density at radius 2 is 2.18 bits per heavy atom. The van der Waals surface area contributed by atoms with Gasteiger partial charge in [0.25, 0.3) is 0 Å². The van der Waals surface area contributed by atoms with Gasteiger partial charge >= 0.3 is 0 Å². The van der Waals surface area contributed by atoms with E-state index in [0.29, 0.717) is 6.54 Å². The quantitative estimate of drug-likeness (QED) is 0.753. The number of nitrogens with one attached hydrogen (secondary N) is 1. The van der Waals surface area contributed by atoms with Gasteiger partial charge in [0, 0.05) is 19.3 Å². The summed E-state index contributed by atoms with van der Waals surface area (Å²) in [5, 5.41) is 2.64. The van der Waals surface area contributed by atoms with Crippen LogP contribution in [0.1, 0.15) is 18.1 Å². The highest BCUT2D eigenvalue weighted by Crippen LogP contribution is 2.17. The molecule has 3 N–H and O–H groups in total. The van der Waals surface area contributed by atoms with Gasteiger partial charge in [-0.25, -0.2) is 0 Å². The van der Waals surface area contributed by atoms with E-state index in [-0.39, 0.29) is 5.91 Å². The zero-order valence-electron chi connectivity index (χ0n) is 10.8. The fourth-order valence-corrected chi connectivity index (χ4v) is 1.68. The minimum atomic E-state index is 0.0356. The number of likely N-dealkylation sites (N-methyl/N-ethyl adjacent to an activating group) is 2. The van der Waals surface area contributed by atoms with E-state index in [1.54, 1.807) is 7.05 Å². The molecule has 17 heavy (non-hydrogen) atoms. The molecule has 4 nitrogen and oxygen atoms in total. The smallest absolute Gasteiger partial charge is 0.233 e. The van der Waals surface area contributed by atoms with Gasteiger partial charge in [-0.15, -0.1) is 0 Å². The predicted octanol–water partition coefficient (Wildman–Crippen LogP) is 1.15. The Balaban J connectivity index is 2.73. The molecule has 0 aromatic heterocycles. The lowest BCUT2D eigenvalue weighted by atomic mass is 10.1. The van der Waals surface area contributed by atoms with Crippen molar-refractivity contribution in [2.24, 2.45) is 0 Å². The summed E-state index contributed by atoms with van der Waals surface area (Å²) in [6.07, 6.45) is 0. The van der Waals surface area contributed by atoms with Crippen LogP contribution in [0.2, 0.25) is 0 Å². The number of rotatable bonds is 5. The van der Waals surface area contributed by atoms with E-state index >= 15 is 0 Å². The molecule has 0 heterocycles. The normalized spacial score (nSPS) is 10.6. The lowest BCUT2D eigenvalue weighted by molar-refractivity contribution is -0.121. The summed E-state index contributed by atoms with van der Waals surface area (Å²) >= 11 is 0. The molecule has 0 aliphatic rings. The molecule has 1 aromatic carbocycles. The van der Waals surface area contributed by atoms with E-state index < -0.39 is 0 Å². The van der Waals surface area contributed by atoms with Crippen LogP contribution in [0.3, 0.4) is 0 Å². The largest absolute Gasteiger partial charge is 0.399 e. The predicted molar refractivity (Wildman–Crippen MR) is 70.6 cm³/mol. The molecule has 0 aliphatic carbocycles. The average molecular weight is 235 g/mol. The highest BCUT2D eigenvalue weighted by molar-refractivity contribution is 5.77. The first-order valence-corrected chi connectivity index (χ1v) is 5.85. The fraction of sp³-hybridized carbons (Fsp3) is 0.462. The first kappa shape index (κ1) is 13.5. The zero-order chi connectivity index (χ0) is 12.8. The van der Waals surface area contributed by atoms with Crippen molar-refractivity contribution in [1.82, 2.24) is 10.2 Å². The second-order valence-electron chi connectivity index (χ2n) is 4.11. The summed E-state index contributed by atoms with van der Waals surface area (Å²) in [6.45, 7) is 6.06. The van der Waals surface area contributed by atoms with Gasteiger partial charge in [-0.1, -0.05) is 19.1 Å². The van der Waals surface area contributed by atoms with Crippen molar-refractivity contribution < 1.29 is 4.79 Å². The zero-order valence-corrected chi connectivity index (χ0v) is 10.8. The van der Waals surface area contributed by atoms with Crippen molar-refractivity contribution in [3.63, 3.8) is 0 Å². The van der Waals surface area contributed by atoms with E-state index in [0.717, 1.165) is 24.3 Å². The fourth-order valence-electron chi connectivity index (χ4n) is 1.68. The number of benzene rings is 1. The number of carbonyl (C=O) groups is 1. The van der Waals surface area contributed by atoms with Crippen molar-refractivity contribution >= 4 is 11.6 Å². The van der Waals surface area contributed by atoms with Crippen LogP contribution in [0.15, 0.2) is 18.2 Å². The van der Waals surface area contributed by atoms with E-state index in [2.05, 4.69) is 16.3 Å². The Kier molecular flexibility index (Phi) is 4.97. The van der Waals surface area contributed by atoms with E-state index in [9.17, 15) is 4.79 Å². The van der Waals surface area contributed by atoms with Gasteiger partial charge in [-0.3, -0.25) is 9.69 Å². The third-order valence-corrected chi connectivity index (χ3v) is 2.98. The van der Waals surface area contributed by atoms with Crippen molar-refractivity contribution in [3.8, 4) is 0 Å². The minimum Gasteiger partial charge on any atom is -0.399 e. The van der Waals surface area contributed by atoms with E-state index in [4.69, 9.17) is 5.73 Å². The van der Waals surface area contributed by atoms with Gasteiger partial charge in [0.2, 0.25) is 5.91 Å². The van der Waals surface area contributed by atoms with Crippen molar-refractivity contribution in [3.05, 3.63) is 29.3 Å². The lowest BCUT2D eigenvalue weighted by Gasteiger charge is -2.20. The Bertz CT molecular complexity index is 390. The number of hydrogen-bond acceptors (Lipinski definition) is 3. The van der Waals surface area contributed by atoms with Crippen LogP contribution in [0.4, 0.5) is 5.69 Å². The van der Waals surface area contributed by atoms with Crippen LogP contribution in [0, 0.1) is 6.92 Å². The lowest BCUT2D eigenvalue weighted by Crippen LogP contribution is -2.35. The van der Waals surface area contributed by atoms with Crippen molar-refractivity contribution in [2.45, 2.75) is 20.4 Å². The molecule has 1 amide bonds. The minimum absolute atomic E-state index is 0.0356. The summed E-state index contributed by atoms with van der Waals surface area (Å²) in [4.78, 5) is 13.4. The van der Waals surface area contributed by atoms with Crippen LogP contribution < -0.4 is 11.1 Å². The second kappa shape index (κ2) is 6.25. The number of anilines is 1. The summed E-state index contributed by atoms with van der Waals surface area (Å²) in [7, 11) is 1.65. The van der Waals surface area contributed by atoms with Gasteiger partial charge in [-0.05, 0) is 30.7 Å². The summed E-state index contributed by atoms with van der Waals surface area (Å²) in [5.41, 5.74) is 8.95. The number of nitrogen functional groups attached to an aromatic ring is 1. The van der Waals surface area contributed by atoms with E-state index in [1.807, 2.05) is 26.0 Å². The molecule has 0 radical (unpaired) electrons. The van der Waals surface area contributed by atoms with Gasteiger partial charge in [0.1, 0.15) is 0 Å². The Labute approximate surface area is 103 Å². The van der Waals surface area contributed by atoms with Crippen LogP contribution in [0.5, 0.6) is 0 Å². The molecule has 0 aliphatic heterocycles. The molecule has 0 saturated carbocycles. The van der Waals surface area contributed by atoms with Crippen molar-refractivity contribution in [1.29, 1.82) is 0 Å². The number of hydrogen-bond donors (Lipinski definition) is 2. The number of nitrogens with zero attached hydrogens (tertiary/aromatic N) is 1. The second-order valence-corrected chi connectivity index (χ2v) is 4.11. The standard InChI is InChI=1S/C13H21N3O/c1-4-16(9-13(17)15-3)8-11-6-5-7-12(14)10(11)2/h5-7H,4,8-9,14H2,1-3H3,(H,15,17). The molecule has 1 aromatic rings. The maximum atomic E-state index is 11.3. The first-order chi connectivity index (χ1) is 8.08. The van der Waals surface area contributed by atoms with Crippen LogP contribution in [-0.2, 0) is 11.3 Å². The molecular formula is C13H21N3O. The molecule has 0 unspecified atom stereocenters. The first-order valence-electron chi connectivity index (χ1n) is 5.85. The number of carbonyl (C=O) groups excluding carboxylic acids is 1. The maximum absolute atomic E-state index is 11.3. The molecule has 0 saturated heterocycles. The van der Waals surface area contributed by atoms with Gasteiger partial charge in [-0.2, -0.15) is 0 Å². The molecule has 94 valence electrons. The van der Waals surface area contributed by atoms with Crippen LogP contribution in [-0.4, -0.2) is 30.9 Å². The maximum Gasteiger partial charge on any atom is 0.233 e. The molecule has 4 heteroatoms. The summed E-state index contributed by atoms with van der Waals surface area (Å²) in [5.74, 6) is 0.0356. The van der Waals surface area contributed by atoms with Crippen LogP contribution >= 0.6 is 0 Å². The molecule has 0 atom stereocenters. The highest BCUT2D eigenvalue weighted by atomic mass is 16.1. The average Bonchev–Trinajstić information content (AvgIpc) is 2.33. The monoisotopic (exact) mass is 235 g/mol. The molecular weight excluding hydrogens is 214 g/mol. The Morgan fingerprint density at radius 3 is 2.76 bits per heavy atom. The summed E-state index contributed by atoms with van der Waals surface area (Å²) < 4.78 is 0. The SMILES string of the molecule is CCN(CC(=O)NC)Cc1cccc(N)c1C. The summed E-state index contributed by atoms with van der Waals surface area (Å²) in [6, 6.07) is 5.90. The van der Waals surface area contributed by atoms with Gasteiger partial charge < -0.3 is 11.1 Å². The van der Waals surface area contributed by atoms with E-state index in [1.165, 1.54) is 5.56 Å². The molecule has 0 bridgehead atoms.